The number of esters is 2. The molecular formula is C35H31BrN4O12S. The second kappa shape index (κ2) is 16.6. The van der Waals surface area contributed by atoms with Crippen molar-refractivity contribution in [3.8, 4) is 17.2 Å². The van der Waals surface area contributed by atoms with Gasteiger partial charge in [-0.25, -0.2) is 14.6 Å². The lowest BCUT2D eigenvalue weighted by Crippen LogP contribution is -2.40. The summed E-state index contributed by atoms with van der Waals surface area (Å²) in [6, 6.07) is 12.1. The van der Waals surface area contributed by atoms with E-state index in [0.29, 0.717) is 22.4 Å². The Labute approximate surface area is 313 Å². The monoisotopic (exact) mass is 810 g/mol. The van der Waals surface area contributed by atoms with Crippen molar-refractivity contribution in [2.24, 2.45) is 4.99 Å². The molecule has 16 nitrogen and oxygen atoms in total. The van der Waals surface area contributed by atoms with Gasteiger partial charge in [-0.15, -0.1) is 0 Å². The number of nitro benzene ring substituents is 2. The van der Waals surface area contributed by atoms with Gasteiger partial charge in [-0.05, 0) is 89.8 Å². The highest BCUT2D eigenvalue weighted by atomic mass is 79.9. The number of benzene rings is 3. The van der Waals surface area contributed by atoms with Crippen LogP contribution in [-0.4, -0.2) is 53.3 Å². The van der Waals surface area contributed by atoms with E-state index in [-0.39, 0.29) is 68.7 Å². The molecule has 0 saturated heterocycles. The molecule has 0 radical (unpaired) electrons. The van der Waals surface area contributed by atoms with E-state index in [2.05, 4.69) is 25.7 Å². The third kappa shape index (κ3) is 8.44. The van der Waals surface area contributed by atoms with Crippen molar-refractivity contribution in [3.05, 3.63) is 127 Å². The number of carbonyl (C=O) groups is 2. The summed E-state index contributed by atoms with van der Waals surface area (Å²) in [6.07, 6.45) is 1.47. The van der Waals surface area contributed by atoms with Crippen LogP contribution in [0, 0.1) is 20.2 Å². The van der Waals surface area contributed by atoms with Crippen molar-refractivity contribution in [1.82, 2.24) is 4.57 Å². The molecule has 3 aromatic carbocycles. The van der Waals surface area contributed by atoms with Gasteiger partial charge < -0.3 is 23.7 Å². The smallest absolute Gasteiger partial charge is 0.343 e. The fourth-order valence-electron chi connectivity index (χ4n) is 5.37. The predicted molar refractivity (Wildman–Crippen MR) is 194 cm³/mol. The maximum atomic E-state index is 14.2. The molecule has 0 spiro atoms. The summed E-state index contributed by atoms with van der Waals surface area (Å²) in [4.78, 5) is 66.1. The van der Waals surface area contributed by atoms with E-state index in [9.17, 15) is 34.6 Å². The third-order valence-corrected chi connectivity index (χ3v) is 9.32. The summed E-state index contributed by atoms with van der Waals surface area (Å²) in [5, 5.41) is 23.1. The molecule has 2 heterocycles. The standard InChI is InChI=1S/C35H31BrN4O12S/c1-5-49-27-16-22(9-12-26(27)51-18-29(41)48-4)31-30(34(43)50-6-2)19(3)37-35-38(31)33(42)28(53-35)15-21-13-24(36)32(25(14-21)40(46)47)52-17-20-7-10-23(11-8-20)39(44)45/h7-16,31H,5-6,17-18H2,1-4H3/b28-15+/t31-/m0/s1. The van der Waals surface area contributed by atoms with Crippen LogP contribution in [0.1, 0.15) is 43.5 Å². The maximum absolute atomic E-state index is 14.2. The first-order chi connectivity index (χ1) is 25.4. The number of rotatable bonds is 14. The highest BCUT2D eigenvalue weighted by molar-refractivity contribution is 9.10. The van der Waals surface area contributed by atoms with Gasteiger partial charge in [0.1, 0.15) is 6.61 Å². The molecule has 0 saturated carbocycles. The van der Waals surface area contributed by atoms with Crippen LogP contribution >= 0.6 is 27.3 Å². The Kier molecular flexibility index (Phi) is 12.0. The third-order valence-electron chi connectivity index (χ3n) is 7.74. The van der Waals surface area contributed by atoms with Crippen molar-refractivity contribution in [2.75, 3.05) is 26.9 Å². The molecule has 0 N–H and O–H groups in total. The van der Waals surface area contributed by atoms with Crippen molar-refractivity contribution in [1.29, 1.82) is 0 Å². The lowest BCUT2D eigenvalue weighted by Gasteiger charge is -2.25. The Balaban J connectivity index is 1.58. The second-order valence-corrected chi connectivity index (χ2v) is 13.0. The molecule has 276 valence electrons. The molecule has 4 aromatic rings. The van der Waals surface area contributed by atoms with E-state index in [1.807, 2.05) is 0 Å². The first-order valence-electron chi connectivity index (χ1n) is 15.9. The minimum absolute atomic E-state index is 0.0680. The molecule has 18 heteroatoms. The Morgan fingerprint density at radius 3 is 2.36 bits per heavy atom. The number of thiazole rings is 1. The molecule has 0 amide bonds. The highest BCUT2D eigenvalue weighted by Gasteiger charge is 2.34. The van der Waals surface area contributed by atoms with Crippen LogP contribution in [0.25, 0.3) is 6.08 Å². The Morgan fingerprint density at radius 1 is 0.981 bits per heavy atom. The van der Waals surface area contributed by atoms with E-state index in [1.54, 1.807) is 45.0 Å². The summed E-state index contributed by atoms with van der Waals surface area (Å²) < 4.78 is 28.9. The number of methoxy groups -OCH3 is 1. The van der Waals surface area contributed by atoms with E-state index in [4.69, 9.17) is 18.9 Å². The Bertz CT molecular complexity index is 2320. The number of carbonyl (C=O) groups excluding carboxylic acids is 2. The van der Waals surface area contributed by atoms with Gasteiger partial charge in [0.2, 0.25) is 5.75 Å². The SMILES string of the molecule is CCOC(=O)C1=C(C)N=c2s/c(=C/c3cc(Br)c(OCc4ccc([N+](=O)[O-])cc4)c([N+](=O)[O-])c3)c(=O)n2[C@H]1c1ccc(OCC(=O)OC)c(OCC)c1. The van der Waals surface area contributed by atoms with E-state index < -0.39 is 39.1 Å². The Morgan fingerprint density at radius 2 is 1.72 bits per heavy atom. The molecular weight excluding hydrogens is 780 g/mol. The topological polar surface area (TPSA) is 201 Å². The lowest BCUT2D eigenvalue weighted by atomic mass is 9.95. The molecule has 1 aromatic heterocycles. The van der Waals surface area contributed by atoms with Gasteiger partial charge in [-0.3, -0.25) is 29.6 Å². The van der Waals surface area contributed by atoms with Crippen molar-refractivity contribution < 1.29 is 43.1 Å². The number of allylic oxidation sites excluding steroid dienone is 1. The number of nitrogens with zero attached hydrogens (tertiary/aromatic N) is 4. The molecule has 1 aliphatic heterocycles. The molecule has 1 aliphatic rings. The maximum Gasteiger partial charge on any atom is 0.343 e. The largest absolute Gasteiger partial charge is 0.490 e. The number of halogens is 1. The van der Waals surface area contributed by atoms with Crippen LogP contribution in [0.3, 0.4) is 0 Å². The minimum atomic E-state index is -1.02. The van der Waals surface area contributed by atoms with E-state index >= 15 is 0 Å². The molecule has 53 heavy (non-hydrogen) atoms. The van der Waals surface area contributed by atoms with Gasteiger partial charge in [-0.2, -0.15) is 0 Å². The summed E-state index contributed by atoms with van der Waals surface area (Å²) in [5.41, 5.74) is 0.695. The zero-order chi connectivity index (χ0) is 38.4. The van der Waals surface area contributed by atoms with Crippen molar-refractivity contribution in [2.45, 2.75) is 33.4 Å². The van der Waals surface area contributed by atoms with Crippen molar-refractivity contribution >= 4 is 56.7 Å². The van der Waals surface area contributed by atoms with E-state index in [0.717, 1.165) is 11.3 Å². The fraction of sp³-hybridized carbons (Fsp3) is 0.257. The number of hydrogen-bond donors (Lipinski definition) is 0. The van der Waals surface area contributed by atoms with Crippen molar-refractivity contribution in [3.63, 3.8) is 0 Å². The summed E-state index contributed by atoms with van der Waals surface area (Å²) in [5.74, 6) is -0.874. The van der Waals surface area contributed by atoms with Gasteiger partial charge in [0.25, 0.3) is 11.2 Å². The molecule has 5 rings (SSSR count). The molecule has 1 atom stereocenters. The summed E-state index contributed by atoms with van der Waals surface area (Å²) in [7, 11) is 1.23. The number of ether oxygens (including phenoxy) is 5. The van der Waals surface area contributed by atoms with E-state index in [1.165, 1.54) is 48.1 Å². The average Bonchev–Trinajstić information content (AvgIpc) is 3.43. The molecule has 0 unspecified atom stereocenters. The van der Waals surface area contributed by atoms with Gasteiger partial charge in [0.05, 0.1) is 56.5 Å². The van der Waals surface area contributed by atoms with Gasteiger partial charge in [-0.1, -0.05) is 17.4 Å². The first-order valence-corrected chi connectivity index (χ1v) is 17.5. The van der Waals surface area contributed by atoms with Crippen LogP contribution in [0.5, 0.6) is 17.2 Å². The van der Waals surface area contributed by atoms with Crippen LogP contribution in [-0.2, 0) is 25.7 Å². The molecule has 0 aliphatic carbocycles. The van der Waals surface area contributed by atoms with Crippen LogP contribution in [0.2, 0.25) is 0 Å². The summed E-state index contributed by atoms with van der Waals surface area (Å²) in [6.45, 7) is 4.86. The first kappa shape index (κ1) is 38.4. The zero-order valence-corrected chi connectivity index (χ0v) is 31.1. The average molecular weight is 812 g/mol. The molecule has 0 fully saturated rings. The van der Waals surface area contributed by atoms with Crippen LogP contribution in [0.15, 0.2) is 80.1 Å². The number of fused-ring (bicyclic) bond motifs is 1. The quantitative estimate of drug-likeness (QED) is 0.0949. The number of nitro groups is 2. The zero-order valence-electron chi connectivity index (χ0n) is 28.7. The normalized spacial score (nSPS) is 13.8. The Hall–Kier alpha value is -5.88. The summed E-state index contributed by atoms with van der Waals surface area (Å²) >= 11 is 4.37. The number of aromatic nitrogens is 1. The van der Waals surface area contributed by atoms with Crippen LogP contribution in [0.4, 0.5) is 11.4 Å². The predicted octanol–water partition coefficient (Wildman–Crippen LogP) is 4.91. The van der Waals surface area contributed by atoms with Gasteiger partial charge in [0, 0.05) is 18.2 Å². The minimum Gasteiger partial charge on any atom is -0.490 e. The number of non-ortho nitro benzene ring substituents is 1. The number of hydrogen-bond acceptors (Lipinski definition) is 14. The van der Waals surface area contributed by atoms with Crippen LogP contribution < -0.4 is 29.1 Å². The van der Waals surface area contributed by atoms with Gasteiger partial charge in [0.15, 0.2) is 22.9 Å². The molecule has 0 bridgehead atoms. The second-order valence-electron chi connectivity index (χ2n) is 11.1. The fourth-order valence-corrected chi connectivity index (χ4v) is 7.00. The lowest BCUT2D eigenvalue weighted by molar-refractivity contribution is -0.386. The van der Waals surface area contributed by atoms with Gasteiger partial charge >= 0.3 is 17.6 Å². The highest BCUT2D eigenvalue weighted by Crippen LogP contribution is 2.38.